The maximum atomic E-state index is 13.3. The summed E-state index contributed by atoms with van der Waals surface area (Å²) in [6, 6.07) is 19.2. The second-order valence-corrected chi connectivity index (χ2v) is 10.2. The smallest absolute Gasteiger partial charge is 0.264 e. The molecule has 1 amide bonds. The number of hydrogen-bond donors (Lipinski definition) is 1. The van der Waals surface area contributed by atoms with E-state index in [2.05, 4.69) is 21.3 Å². The Balaban J connectivity index is 1.31. The van der Waals surface area contributed by atoms with E-state index in [1.165, 1.54) is 11.3 Å². The predicted molar refractivity (Wildman–Crippen MR) is 137 cm³/mol. The van der Waals surface area contributed by atoms with Crippen LogP contribution in [0.15, 0.2) is 77.9 Å². The molecule has 2 aliphatic heterocycles. The van der Waals surface area contributed by atoms with Crippen LogP contribution in [0, 0.1) is 5.92 Å². The van der Waals surface area contributed by atoms with Gasteiger partial charge in [-0.15, -0.1) is 0 Å². The minimum atomic E-state index is -0.134. The molecule has 35 heavy (non-hydrogen) atoms. The first kappa shape index (κ1) is 21.7. The number of amides is 1. The van der Waals surface area contributed by atoms with Crippen molar-refractivity contribution < 1.29 is 4.79 Å². The third kappa shape index (κ3) is 4.25. The standard InChI is InChI=1S/C27H25N5O2S/c33-23-10-4-9-22-21-12-19(16-32(22)23)15-31(17-21)27-30-24(20-7-2-1-3-8-20)25(35-27)26(34)29-14-18-6-5-11-28-13-18/h1-11,13,19,21H,12,14-17H2,(H,29,34)/t19-,21+/m1/s1. The van der Waals surface area contributed by atoms with Crippen LogP contribution in [0.25, 0.3) is 11.3 Å². The fourth-order valence-corrected chi connectivity index (χ4v) is 6.23. The first-order chi connectivity index (χ1) is 17.2. The third-order valence-electron chi connectivity index (χ3n) is 6.80. The molecule has 0 spiro atoms. The average Bonchev–Trinajstić information content (AvgIpc) is 3.35. The summed E-state index contributed by atoms with van der Waals surface area (Å²) in [6.07, 6.45) is 4.55. The van der Waals surface area contributed by atoms with E-state index in [0.717, 1.165) is 48.0 Å². The van der Waals surface area contributed by atoms with Crippen LogP contribution in [0.1, 0.15) is 33.3 Å². The van der Waals surface area contributed by atoms with Gasteiger partial charge in [-0.25, -0.2) is 4.98 Å². The molecular formula is C27H25N5O2S. The molecule has 176 valence electrons. The monoisotopic (exact) mass is 483 g/mol. The van der Waals surface area contributed by atoms with E-state index in [-0.39, 0.29) is 17.4 Å². The molecule has 3 aromatic heterocycles. The molecule has 1 N–H and O–H groups in total. The lowest BCUT2D eigenvalue weighted by Gasteiger charge is -2.42. The SMILES string of the molecule is O=C(NCc1cccnc1)c1sc(N2C[C@H]3C[C@@H](C2)c2cccc(=O)n2C3)nc1-c1ccccc1. The van der Waals surface area contributed by atoms with Crippen LogP contribution >= 0.6 is 11.3 Å². The summed E-state index contributed by atoms with van der Waals surface area (Å²) in [7, 11) is 0. The van der Waals surface area contributed by atoms with E-state index >= 15 is 0 Å². The summed E-state index contributed by atoms with van der Waals surface area (Å²) in [4.78, 5) is 37.7. The Kier molecular flexibility index (Phi) is 5.66. The number of thiazole rings is 1. The van der Waals surface area contributed by atoms with Crippen molar-refractivity contribution in [3.63, 3.8) is 0 Å². The Hall–Kier alpha value is -3.78. The molecule has 0 unspecified atom stereocenters. The van der Waals surface area contributed by atoms with E-state index < -0.39 is 0 Å². The number of anilines is 1. The van der Waals surface area contributed by atoms with E-state index in [1.54, 1.807) is 18.5 Å². The highest BCUT2D eigenvalue weighted by molar-refractivity contribution is 7.18. The lowest BCUT2D eigenvalue weighted by atomic mass is 9.83. The maximum Gasteiger partial charge on any atom is 0.264 e. The van der Waals surface area contributed by atoms with Crippen LogP contribution in [-0.4, -0.2) is 33.5 Å². The highest BCUT2D eigenvalue weighted by atomic mass is 32.1. The molecule has 4 aromatic rings. The highest BCUT2D eigenvalue weighted by Crippen LogP contribution is 2.40. The summed E-state index contributed by atoms with van der Waals surface area (Å²) < 4.78 is 1.94. The molecule has 1 aromatic carbocycles. The number of fused-ring (bicyclic) bond motifs is 4. The number of piperidine rings is 1. The summed E-state index contributed by atoms with van der Waals surface area (Å²) in [5, 5.41) is 3.89. The third-order valence-corrected chi connectivity index (χ3v) is 7.91. The molecule has 0 saturated carbocycles. The number of nitrogens with zero attached hydrogens (tertiary/aromatic N) is 4. The molecule has 8 heteroatoms. The summed E-state index contributed by atoms with van der Waals surface area (Å²) in [5.41, 5.74) is 3.77. The lowest BCUT2D eigenvalue weighted by Crippen LogP contribution is -2.47. The van der Waals surface area contributed by atoms with Gasteiger partial charge < -0.3 is 14.8 Å². The first-order valence-corrected chi connectivity index (χ1v) is 12.7. The van der Waals surface area contributed by atoms with Crippen LogP contribution in [-0.2, 0) is 13.1 Å². The van der Waals surface area contributed by atoms with Crippen LogP contribution in [0.2, 0.25) is 0 Å². The Bertz CT molecular complexity index is 1420. The van der Waals surface area contributed by atoms with Crippen molar-refractivity contribution in [3.8, 4) is 11.3 Å². The Labute approximate surface area is 207 Å². The summed E-state index contributed by atoms with van der Waals surface area (Å²) >= 11 is 1.45. The molecule has 6 rings (SSSR count). The zero-order valence-electron chi connectivity index (χ0n) is 19.1. The number of aromatic nitrogens is 3. The van der Waals surface area contributed by atoms with Gasteiger partial charge in [0.15, 0.2) is 5.13 Å². The van der Waals surface area contributed by atoms with Crippen molar-refractivity contribution in [2.45, 2.75) is 25.4 Å². The zero-order valence-corrected chi connectivity index (χ0v) is 19.9. The molecule has 2 bridgehead atoms. The molecule has 5 heterocycles. The number of carbonyl (C=O) groups is 1. The quantitative estimate of drug-likeness (QED) is 0.465. The molecule has 0 radical (unpaired) electrons. The predicted octanol–water partition coefficient (Wildman–Crippen LogP) is 3.92. The van der Waals surface area contributed by atoms with Gasteiger partial charge in [0.05, 0.1) is 5.69 Å². The van der Waals surface area contributed by atoms with E-state index in [0.29, 0.717) is 23.0 Å². The van der Waals surface area contributed by atoms with Gasteiger partial charge in [-0.2, -0.15) is 0 Å². The van der Waals surface area contributed by atoms with Gasteiger partial charge in [0, 0.05) is 61.8 Å². The van der Waals surface area contributed by atoms with Gasteiger partial charge >= 0.3 is 0 Å². The lowest BCUT2D eigenvalue weighted by molar-refractivity contribution is 0.0955. The fraction of sp³-hybridized carbons (Fsp3) is 0.259. The highest BCUT2D eigenvalue weighted by Gasteiger charge is 2.36. The molecule has 0 aliphatic carbocycles. The minimum Gasteiger partial charge on any atom is -0.347 e. The van der Waals surface area contributed by atoms with Crippen molar-refractivity contribution in [1.29, 1.82) is 0 Å². The molecule has 1 saturated heterocycles. The first-order valence-electron chi connectivity index (χ1n) is 11.8. The number of carbonyl (C=O) groups excluding carboxylic acids is 1. The number of hydrogen-bond acceptors (Lipinski definition) is 6. The van der Waals surface area contributed by atoms with Gasteiger partial charge in [0.1, 0.15) is 4.88 Å². The van der Waals surface area contributed by atoms with Crippen molar-refractivity contribution >= 4 is 22.4 Å². The summed E-state index contributed by atoms with van der Waals surface area (Å²) in [5.74, 6) is 0.530. The molecule has 2 aliphatic rings. The Morgan fingerprint density at radius 2 is 1.91 bits per heavy atom. The van der Waals surface area contributed by atoms with Crippen LogP contribution < -0.4 is 15.8 Å². The van der Waals surface area contributed by atoms with E-state index in [9.17, 15) is 9.59 Å². The minimum absolute atomic E-state index is 0.0823. The number of nitrogens with one attached hydrogen (secondary N) is 1. The van der Waals surface area contributed by atoms with Gasteiger partial charge in [-0.3, -0.25) is 14.6 Å². The molecule has 2 atom stereocenters. The van der Waals surface area contributed by atoms with Gasteiger partial charge in [-0.1, -0.05) is 53.8 Å². The second kappa shape index (κ2) is 9.11. The largest absolute Gasteiger partial charge is 0.347 e. The molecule has 1 fully saturated rings. The van der Waals surface area contributed by atoms with Gasteiger partial charge in [0.2, 0.25) is 0 Å². The maximum absolute atomic E-state index is 13.3. The Morgan fingerprint density at radius 1 is 1.03 bits per heavy atom. The van der Waals surface area contributed by atoms with Crippen molar-refractivity contribution in [2.75, 3.05) is 18.0 Å². The normalized spacial score (nSPS) is 18.7. The van der Waals surface area contributed by atoms with Gasteiger partial charge in [-0.05, 0) is 30.0 Å². The fourth-order valence-electron chi connectivity index (χ4n) is 5.21. The number of benzene rings is 1. The Morgan fingerprint density at radius 3 is 2.74 bits per heavy atom. The van der Waals surface area contributed by atoms with Crippen molar-refractivity contribution in [3.05, 3.63) is 99.5 Å². The second-order valence-electron chi connectivity index (χ2n) is 9.19. The van der Waals surface area contributed by atoms with Crippen LogP contribution in [0.4, 0.5) is 5.13 Å². The van der Waals surface area contributed by atoms with E-state index in [4.69, 9.17) is 4.98 Å². The summed E-state index contributed by atoms with van der Waals surface area (Å²) in [6.45, 7) is 2.76. The average molecular weight is 484 g/mol. The van der Waals surface area contributed by atoms with Crippen molar-refractivity contribution in [2.24, 2.45) is 5.92 Å². The molecule has 7 nitrogen and oxygen atoms in total. The van der Waals surface area contributed by atoms with Crippen LogP contribution in [0.3, 0.4) is 0 Å². The van der Waals surface area contributed by atoms with Gasteiger partial charge in [0.25, 0.3) is 11.5 Å². The topological polar surface area (TPSA) is 80.1 Å². The number of pyridine rings is 2. The zero-order chi connectivity index (χ0) is 23.8. The molecular weight excluding hydrogens is 458 g/mol. The number of rotatable bonds is 5. The van der Waals surface area contributed by atoms with E-state index in [1.807, 2.05) is 53.1 Å². The van der Waals surface area contributed by atoms with Crippen LogP contribution in [0.5, 0.6) is 0 Å². The van der Waals surface area contributed by atoms with Crippen molar-refractivity contribution in [1.82, 2.24) is 19.9 Å².